The third-order valence-corrected chi connectivity index (χ3v) is 3.82. The number of amides is 1. The molecule has 1 atom stereocenters. The summed E-state index contributed by atoms with van der Waals surface area (Å²) >= 11 is 0. The van der Waals surface area contributed by atoms with Gasteiger partial charge in [0.2, 0.25) is 5.91 Å². The predicted octanol–water partition coefficient (Wildman–Crippen LogP) is 3.29. The van der Waals surface area contributed by atoms with Gasteiger partial charge in [0, 0.05) is 11.3 Å². The van der Waals surface area contributed by atoms with Crippen LogP contribution in [-0.2, 0) is 4.79 Å². The number of hydrogen-bond acceptors (Lipinski definition) is 2. The van der Waals surface area contributed by atoms with E-state index in [0.29, 0.717) is 0 Å². The van der Waals surface area contributed by atoms with Crippen LogP contribution < -0.4 is 5.32 Å². The average Bonchev–Trinajstić information content (AvgIpc) is 3.00. The summed E-state index contributed by atoms with van der Waals surface area (Å²) in [6.45, 7) is 1.91. The van der Waals surface area contributed by atoms with E-state index >= 15 is 0 Å². The van der Waals surface area contributed by atoms with E-state index < -0.39 is 0 Å². The first-order valence-corrected chi connectivity index (χ1v) is 6.62. The minimum absolute atomic E-state index is 0.0518. The van der Waals surface area contributed by atoms with Crippen molar-refractivity contribution in [1.82, 2.24) is 9.97 Å². The van der Waals surface area contributed by atoms with Gasteiger partial charge in [-0.25, -0.2) is 4.98 Å². The summed E-state index contributed by atoms with van der Waals surface area (Å²) in [4.78, 5) is 19.6. The predicted molar refractivity (Wildman–Crippen MR) is 78.6 cm³/mol. The molecule has 1 aliphatic heterocycles. The Morgan fingerprint density at radius 3 is 2.75 bits per heavy atom. The summed E-state index contributed by atoms with van der Waals surface area (Å²) in [5.74, 6) is 0.797. The molecule has 2 aromatic carbocycles. The van der Waals surface area contributed by atoms with Crippen molar-refractivity contribution in [2.75, 3.05) is 5.32 Å². The number of anilines is 1. The molecule has 4 rings (SSSR count). The highest BCUT2D eigenvalue weighted by Crippen LogP contribution is 2.35. The maximum absolute atomic E-state index is 11.7. The van der Waals surface area contributed by atoms with E-state index in [9.17, 15) is 4.79 Å². The number of rotatable bonds is 1. The average molecular weight is 263 g/mol. The van der Waals surface area contributed by atoms with Crippen molar-refractivity contribution in [3.63, 3.8) is 0 Å². The fourth-order valence-electron chi connectivity index (χ4n) is 2.65. The molecule has 1 unspecified atom stereocenters. The molecule has 0 saturated heterocycles. The van der Waals surface area contributed by atoms with Gasteiger partial charge in [0.1, 0.15) is 5.82 Å². The van der Waals surface area contributed by atoms with Crippen molar-refractivity contribution >= 4 is 22.6 Å². The van der Waals surface area contributed by atoms with Crippen LogP contribution in [-0.4, -0.2) is 15.9 Å². The first kappa shape index (κ1) is 11.2. The first-order chi connectivity index (χ1) is 9.72. The molecule has 1 amide bonds. The minimum Gasteiger partial charge on any atom is -0.338 e. The summed E-state index contributed by atoms with van der Waals surface area (Å²) in [6.07, 6.45) is 0. The Morgan fingerprint density at radius 2 is 1.95 bits per heavy atom. The quantitative estimate of drug-likeness (QED) is 0.707. The third-order valence-electron chi connectivity index (χ3n) is 3.82. The number of hydrogen-bond donors (Lipinski definition) is 2. The van der Waals surface area contributed by atoms with Crippen LogP contribution in [0.2, 0.25) is 0 Å². The van der Waals surface area contributed by atoms with Crippen molar-refractivity contribution in [3.05, 3.63) is 48.0 Å². The zero-order chi connectivity index (χ0) is 13.7. The lowest BCUT2D eigenvalue weighted by molar-refractivity contribution is -0.116. The lowest BCUT2D eigenvalue weighted by Crippen LogP contribution is -2.08. The second-order valence-corrected chi connectivity index (χ2v) is 5.12. The van der Waals surface area contributed by atoms with E-state index in [1.54, 1.807) is 0 Å². The molecule has 0 radical (unpaired) electrons. The third kappa shape index (κ3) is 1.54. The maximum atomic E-state index is 11.7. The van der Waals surface area contributed by atoms with Crippen molar-refractivity contribution in [3.8, 4) is 11.4 Å². The highest BCUT2D eigenvalue weighted by molar-refractivity contribution is 6.05. The summed E-state index contributed by atoms with van der Waals surface area (Å²) in [5.41, 5.74) is 4.80. The van der Waals surface area contributed by atoms with E-state index in [2.05, 4.69) is 15.3 Å². The van der Waals surface area contributed by atoms with Gasteiger partial charge < -0.3 is 10.3 Å². The smallest absolute Gasteiger partial charge is 0.231 e. The molecule has 3 aromatic rings. The second kappa shape index (κ2) is 3.93. The Morgan fingerprint density at radius 1 is 1.15 bits per heavy atom. The monoisotopic (exact) mass is 263 g/mol. The maximum Gasteiger partial charge on any atom is 0.231 e. The van der Waals surface area contributed by atoms with Crippen LogP contribution in [0, 0.1) is 0 Å². The fraction of sp³-hybridized carbons (Fsp3) is 0.125. The molecule has 4 nitrogen and oxygen atoms in total. The number of H-pyrrole nitrogens is 1. The number of nitrogens with one attached hydrogen (secondary N) is 2. The van der Waals surface area contributed by atoms with Gasteiger partial charge in [-0.15, -0.1) is 0 Å². The molecule has 2 N–H and O–H groups in total. The lowest BCUT2D eigenvalue weighted by atomic mass is 10.0. The fourth-order valence-corrected chi connectivity index (χ4v) is 2.65. The van der Waals surface area contributed by atoms with Crippen molar-refractivity contribution in [2.45, 2.75) is 12.8 Å². The number of carbonyl (C=O) groups excluding carboxylic acids is 1. The second-order valence-electron chi connectivity index (χ2n) is 5.12. The van der Waals surface area contributed by atoms with Crippen LogP contribution in [0.3, 0.4) is 0 Å². The Bertz CT molecular complexity index is 820. The van der Waals surface area contributed by atoms with Crippen molar-refractivity contribution in [2.24, 2.45) is 0 Å². The minimum atomic E-state index is -0.105. The summed E-state index contributed by atoms with van der Waals surface area (Å²) < 4.78 is 0. The molecule has 98 valence electrons. The molecule has 0 saturated carbocycles. The van der Waals surface area contributed by atoms with Crippen LogP contribution in [0.5, 0.6) is 0 Å². The SMILES string of the molecule is CC1C(=O)Nc2cc3[nH]c(-c4ccccc4)nc3cc21. The first-order valence-electron chi connectivity index (χ1n) is 6.62. The lowest BCUT2D eigenvalue weighted by Gasteiger charge is -1.99. The summed E-state index contributed by atoms with van der Waals surface area (Å²) in [5, 5.41) is 2.90. The number of benzene rings is 2. The molecule has 1 aromatic heterocycles. The zero-order valence-corrected chi connectivity index (χ0v) is 11.0. The van der Waals surface area contributed by atoms with Crippen LogP contribution in [0.15, 0.2) is 42.5 Å². The van der Waals surface area contributed by atoms with Gasteiger partial charge in [-0.1, -0.05) is 30.3 Å². The molecule has 0 bridgehead atoms. The largest absolute Gasteiger partial charge is 0.338 e. The molecule has 2 heterocycles. The van der Waals surface area contributed by atoms with Gasteiger partial charge in [0.25, 0.3) is 0 Å². The van der Waals surface area contributed by atoms with Gasteiger partial charge >= 0.3 is 0 Å². The number of aromatic nitrogens is 2. The van der Waals surface area contributed by atoms with Gasteiger partial charge in [-0.2, -0.15) is 0 Å². The highest BCUT2D eigenvalue weighted by atomic mass is 16.2. The normalized spacial score (nSPS) is 17.2. The van der Waals surface area contributed by atoms with Gasteiger partial charge in [-0.3, -0.25) is 4.79 Å². The summed E-state index contributed by atoms with van der Waals surface area (Å²) in [7, 11) is 0. The van der Waals surface area contributed by atoms with E-state index in [1.807, 2.05) is 49.4 Å². The molecule has 20 heavy (non-hydrogen) atoms. The zero-order valence-electron chi connectivity index (χ0n) is 11.0. The molecule has 0 aliphatic carbocycles. The number of fused-ring (bicyclic) bond motifs is 2. The van der Waals surface area contributed by atoms with Crippen LogP contribution in [0.4, 0.5) is 5.69 Å². The Hall–Kier alpha value is -2.62. The van der Waals surface area contributed by atoms with E-state index in [-0.39, 0.29) is 11.8 Å². The Balaban J connectivity index is 1.88. The Labute approximate surface area is 115 Å². The molecular formula is C16H13N3O. The van der Waals surface area contributed by atoms with Crippen molar-refractivity contribution < 1.29 is 4.79 Å². The topological polar surface area (TPSA) is 57.8 Å². The van der Waals surface area contributed by atoms with Crippen LogP contribution in [0.1, 0.15) is 18.4 Å². The van der Waals surface area contributed by atoms with E-state index in [0.717, 1.165) is 33.7 Å². The number of imidazole rings is 1. The number of aromatic amines is 1. The van der Waals surface area contributed by atoms with Crippen LogP contribution >= 0.6 is 0 Å². The summed E-state index contributed by atoms with van der Waals surface area (Å²) in [6, 6.07) is 14.0. The number of nitrogens with zero attached hydrogens (tertiary/aromatic N) is 1. The molecule has 1 aliphatic rings. The van der Waals surface area contributed by atoms with E-state index in [4.69, 9.17) is 0 Å². The molecular weight excluding hydrogens is 250 g/mol. The molecule has 0 spiro atoms. The van der Waals surface area contributed by atoms with Crippen molar-refractivity contribution in [1.29, 1.82) is 0 Å². The Kier molecular flexibility index (Phi) is 2.21. The molecule has 0 fully saturated rings. The number of carbonyl (C=O) groups is 1. The molecule has 4 heteroatoms. The van der Waals surface area contributed by atoms with E-state index in [1.165, 1.54) is 0 Å². The van der Waals surface area contributed by atoms with Crippen LogP contribution in [0.25, 0.3) is 22.4 Å². The van der Waals surface area contributed by atoms with Gasteiger partial charge in [0.15, 0.2) is 0 Å². The van der Waals surface area contributed by atoms with Gasteiger partial charge in [-0.05, 0) is 24.6 Å². The van der Waals surface area contributed by atoms with Gasteiger partial charge in [0.05, 0.1) is 17.0 Å². The highest BCUT2D eigenvalue weighted by Gasteiger charge is 2.27. The standard InChI is InChI=1S/C16H13N3O/c1-9-11-7-13-14(8-12(11)19-16(9)20)18-15(17-13)10-5-3-2-4-6-10/h2-9H,1H3,(H,17,18)(H,19,20).